The number of likely N-dealkylation sites (tertiary alicyclic amines) is 1. The molecular weight excluding hydrogens is 498 g/mol. The molecule has 1 aliphatic heterocycles. The molecule has 33 heavy (non-hydrogen) atoms. The number of halogens is 2. The van der Waals surface area contributed by atoms with Crippen molar-refractivity contribution in [3.05, 3.63) is 99.5 Å². The van der Waals surface area contributed by atoms with Gasteiger partial charge in [0.05, 0.1) is 16.4 Å². The zero-order valence-corrected chi connectivity index (χ0v) is 21.2. The minimum absolute atomic E-state index is 0.403. The molecule has 4 rings (SSSR count). The number of piperidine rings is 1. The fourth-order valence-corrected chi connectivity index (χ4v) is 4.54. The van der Waals surface area contributed by atoms with Crippen molar-refractivity contribution in [2.24, 2.45) is 5.92 Å². The fraction of sp³-hybridized carbons (Fsp3) is 0.308. The minimum atomic E-state index is 0.403. The van der Waals surface area contributed by atoms with Crippen LogP contribution in [-0.2, 0) is 13.1 Å². The highest BCUT2D eigenvalue weighted by molar-refractivity contribution is 9.10. The number of nitrogens with one attached hydrogen (secondary N) is 1. The second-order valence-electron chi connectivity index (χ2n) is 8.51. The Bertz CT molecular complexity index is 1110. The van der Waals surface area contributed by atoms with Crippen LogP contribution in [0.3, 0.4) is 0 Å². The van der Waals surface area contributed by atoms with E-state index in [2.05, 4.69) is 67.1 Å². The molecule has 7 heteroatoms. The molecule has 2 aromatic heterocycles. The molecule has 1 atom stereocenters. The Morgan fingerprint density at radius 1 is 1.24 bits per heavy atom. The molecule has 0 bridgehead atoms. The maximum absolute atomic E-state index is 6.04. The highest BCUT2D eigenvalue weighted by Gasteiger charge is 2.22. The molecule has 1 N–H and O–H groups in total. The van der Waals surface area contributed by atoms with Crippen LogP contribution in [0.5, 0.6) is 0 Å². The molecule has 3 aromatic rings. The van der Waals surface area contributed by atoms with Gasteiger partial charge in [0.2, 0.25) is 0 Å². The van der Waals surface area contributed by atoms with Gasteiger partial charge in [-0.05, 0) is 89.1 Å². The molecule has 0 saturated carbocycles. The van der Waals surface area contributed by atoms with Gasteiger partial charge in [0.25, 0.3) is 0 Å². The molecule has 0 aliphatic carbocycles. The van der Waals surface area contributed by atoms with Crippen LogP contribution < -0.4 is 5.32 Å². The quantitative estimate of drug-likeness (QED) is 0.363. The topological polar surface area (TPSA) is 46.0 Å². The van der Waals surface area contributed by atoms with Crippen molar-refractivity contribution < 1.29 is 0 Å². The molecule has 3 heterocycles. The van der Waals surface area contributed by atoms with Gasteiger partial charge in [-0.15, -0.1) is 0 Å². The summed E-state index contributed by atoms with van der Waals surface area (Å²) >= 11 is 9.63. The van der Waals surface area contributed by atoms with Gasteiger partial charge >= 0.3 is 0 Å². The van der Waals surface area contributed by atoms with Crippen LogP contribution in [0.25, 0.3) is 5.82 Å². The van der Waals surface area contributed by atoms with E-state index >= 15 is 0 Å². The smallest absolute Gasteiger partial charge is 0.128 e. The second kappa shape index (κ2) is 11.1. The van der Waals surface area contributed by atoms with Gasteiger partial charge in [-0.2, -0.15) is 5.10 Å². The molecule has 1 saturated heterocycles. The van der Waals surface area contributed by atoms with Gasteiger partial charge in [-0.3, -0.25) is 9.88 Å². The number of hydrogen-bond donors (Lipinski definition) is 1. The highest BCUT2D eigenvalue weighted by Crippen LogP contribution is 2.27. The van der Waals surface area contributed by atoms with Crippen LogP contribution in [-0.4, -0.2) is 32.8 Å². The number of rotatable bonds is 8. The van der Waals surface area contributed by atoms with Crippen LogP contribution in [0, 0.1) is 12.8 Å². The summed E-state index contributed by atoms with van der Waals surface area (Å²) in [4.78, 5) is 6.73. The first-order chi connectivity index (χ1) is 16.0. The number of benzene rings is 1. The van der Waals surface area contributed by atoms with Crippen LogP contribution in [0.1, 0.15) is 29.7 Å². The predicted octanol–water partition coefficient (Wildman–Crippen LogP) is 6.06. The Labute approximate surface area is 209 Å². The lowest BCUT2D eigenvalue weighted by Gasteiger charge is -2.33. The summed E-state index contributed by atoms with van der Waals surface area (Å²) in [5.74, 6) is 1.32. The van der Waals surface area contributed by atoms with Gasteiger partial charge in [0.1, 0.15) is 5.82 Å². The van der Waals surface area contributed by atoms with Crippen molar-refractivity contribution in [3.63, 3.8) is 0 Å². The molecule has 1 aromatic carbocycles. The van der Waals surface area contributed by atoms with Gasteiger partial charge in [-0.25, -0.2) is 4.68 Å². The SMILES string of the molecule is C=C(/C=C(/NCc1cccnc1)n1ncc(Br)c1C)C1CCCN(Cc2ccc(Cl)cc2)C1. The van der Waals surface area contributed by atoms with Crippen molar-refractivity contribution in [1.82, 2.24) is 25.0 Å². The number of allylic oxidation sites excluding steroid dienone is 1. The monoisotopic (exact) mass is 525 g/mol. The Morgan fingerprint density at radius 2 is 2.06 bits per heavy atom. The van der Waals surface area contributed by atoms with E-state index in [9.17, 15) is 0 Å². The third-order valence-electron chi connectivity index (χ3n) is 6.05. The first kappa shape index (κ1) is 23.7. The zero-order chi connectivity index (χ0) is 23.2. The van der Waals surface area contributed by atoms with E-state index in [0.717, 1.165) is 64.6 Å². The van der Waals surface area contributed by atoms with Crippen molar-refractivity contribution in [3.8, 4) is 0 Å². The third-order valence-corrected chi connectivity index (χ3v) is 7.08. The first-order valence-electron chi connectivity index (χ1n) is 11.2. The molecule has 0 amide bonds. The molecule has 1 fully saturated rings. The van der Waals surface area contributed by atoms with Gasteiger partial charge in [-0.1, -0.05) is 36.4 Å². The van der Waals surface area contributed by atoms with E-state index in [1.807, 2.05) is 42.2 Å². The summed E-state index contributed by atoms with van der Waals surface area (Å²) in [7, 11) is 0. The number of nitrogens with zero attached hydrogens (tertiary/aromatic N) is 4. The first-order valence-corrected chi connectivity index (χ1v) is 12.4. The van der Waals surface area contributed by atoms with Gasteiger partial charge < -0.3 is 5.32 Å². The molecule has 0 spiro atoms. The lowest BCUT2D eigenvalue weighted by molar-refractivity contribution is 0.185. The summed E-state index contributed by atoms with van der Waals surface area (Å²) in [6.45, 7) is 10.2. The Morgan fingerprint density at radius 3 is 2.76 bits per heavy atom. The molecule has 1 unspecified atom stereocenters. The van der Waals surface area contributed by atoms with Gasteiger partial charge in [0.15, 0.2) is 0 Å². The lowest BCUT2D eigenvalue weighted by atomic mass is 9.90. The van der Waals surface area contributed by atoms with Crippen molar-refractivity contribution >= 4 is 33.4 Å². The fourth-order valence-electron chi connectivity index (χ4n) is 4.16. The molecule has 1 aliphatic rings. The minimum Gasteiger partial charge on any atom is -0.366 e. The van der Waals surface area contributed by atoms with Crippen molar-refractivity contribution in [2.45, 2.75) is 32.9 Å². The van der Waals surface area contributed by atoms with Gasteiger partial charge in [0, 0.05) is 37.1 Å². The number of pyridine rings is 1. The van der Waals surface area contributed by atoms with Crippen LogP contribution in [0.2, 0.25) is 5.02 Å². The summed E-state index contributed by atoms with van der Waals surface area (Å²) in [5, 5.41) is 8.89. The number of aromatic nitrogens is 3. The summed E-state index contributed by atoms with van der Waals surface area (Å²) in [6, 6.07) is 12.2. The van der Waals surface area contributed by atoms with Crippen molar-refractivity contribution in [1.29, 1.82) is 0 Å². The lowest BCUT2D eigenvalue weighted by Crippen LogP contribution is -2.35. The average molecular weight is 527 g/mol. The molecule has 5 nitrogen and oxygen atoms in total. The van der Waals surface area contributed by atoms with E-state index in [4.69, 9.17) is 11.6 Å². The van der Waals surface area contributed by atoms with E-state index < -0.39 is 0 Å². The highest BCUT2D eigenvalue weighted by atomic mass is 79.9. The molecule has 172 valence electrons. The van der Waals surface area contributed by atoms with Crippen LogP contribution >= 0.6 is 27.5 Å². The van der Waals surface area contributed by atoms with E-state index in [0.29, 0.717) is 12.5 Å². The largest absolute Gasteiger partial charge is 0.366 e. The van der Waals surface area contributed by atoms with Crippen LogP contribution in [0.15, 0.2) is 77.7 Å². The molecule has 0 radical (unpaired) electrons. The Hall–Kier alpha value is -2.41. The maximum atomic E-state index is 6.04. The van der Waals surface area contributed by atoms with E-state index in [1.54, 1.807) is 6.20 Å². The average Bonchev–Trinajstić information content (AvgIpc) is 3.17. The summed E-state index contributed by atoms with van der Waals surface area (Å²) in [6.07, 6.45) is 9.95. The van der Waals surface area contributed by atoms with E-state index in [-0.39, 0.29) is 0 Å². The van der Waals surface area contributed by atoms with E-state index in [1.165, 1.54) is 5.56 Å². The maximum Gasteiger partial charge on any atom is 0.128 e. The number of hydrogen-bond acceptors (Lipinski definition) is 4. The summed E-state index contributed by atoms with van der Waals surface area (Å²) in [5.41, 5.74) is 4.57. The van der Waals surface area contributed by atoms with Crippen LogP contribution in [0.4, 0.5) is 0 Å². The second-order valence-corrected chi connectivity index (χ2v) is 9.80. The summed E-state index contributed by atoms with van der Waals surface area (Å²) < 4.78 is 2.91. The zero-order valence-electron chi connectivity index (χ0n) is 18.8. The standard InChI is InChI=1S/C26H29BrClN5/c1-19(23-6-4-12-32(18-23)17-21-7-9-24(28)10-8-21)13-26(33-20(2)25(27)16-31-33)30-15-22-5-3-11-29-14-22/h3,5,7-11,13-14,16,23,30H,1,4,6,12,15,17-18H2,2H3/b26-13-. The Kier molecular flexibility index (Phi) is 8.02. The normalized spacial score (nSPS) is 17.2. The predicted molar refractivity (Wildman–Crippen MR) is 139 cm³/mol. The molecular formula is C26H29BrClN5. The Balaban J connectivity index is 1.48. The van der Waals surface area contributed by atoms with Crippen molar-refractivity contribution in [2.75, 3.05) is 13.1 Å². The third kappa shape index (κ3) is 6.34.